The molecule has 0 saturated carbocycles. The summed E-state index contributed by atoms with van der Waals surface area (Å²) >= 11 is 6.20. The van der Waals surface area contributed by atoms with Crippen LogP contribution in [-0.2, 0) is 0 Å². The van der Waals surface area contributed by atoms with Gasteiger partial charge in [-0.05, 0) is 63.3 Å². The zero-order valence-electron chi connectivity index (χ0n) is 16.7. The molecule has 1 amide bonds. The first-order valence-electron chi connectivity index (χ1n) is 9.87. The molecule has 1 aliphatic heterocycles. The van der Waals surface area contributed by atoms with E-state index in [1.807, 2.05) is 38.1 Å². The van der Waals surface area contributed by atoms with Crippen LogP contribution in [0.5, 0.6) is 5.75 Å². The molecule has 3 rings (SSSR count). The summed E-state index contributed by atoms with van der Waals surface area (Å²) in [5.41, 5.74) is 2.74. The highest BCUT2D eigenvalue weighted by Crippen LogP contribution is 2.32. The van der Waals surface area contributed by atoms with Crippen molar-refractivity contribution in [2.45, 2.75) is 39.7 Å². The summed E-state index contributed by atoms with van der Waals surface area (Å²) in [4.78, 5) is 18.9. The third-order valence-electron chi connectivity index (χ3n) is 5.32. The summed E-state index contributed by atoms with van der Waals surface area (Å²) in [6, 6.07) is 7.95. The highest BCUT2D eigenvalue weighted by atomic mass is 35.5. The molecule has 1 aromatic carbocycles. The van der Waals surface area contributed by atoms with Gasteiger partial charge in [0.15, 0.2) is 0 Å². The number of amides is 1. The SMILES string of the molecule is CCOc1cc(N2CCC(C(C)NC(=O)c3cncc(C)c3)CC2)ccc1Cl. The van der Waals surface area contributed by atoms with Gasteiger partial charge in [0.05, 0.1) is 17.2 Å². The maximum Gasteiger partial charge on any atom is 0.253 e. The van der Waals surface area contributed by atoms with Gasteiger partial charge >= 0.3 is 0 Å². The smallest absolute Gasteiger partial charge is 0.253 e. The molecule has 1 unspecified atom stereocenters. The van der Waals surface area contributed by atoms with Crippen molar-refractivity contribution in [3.63, 3.8) is 0 Å². The fraction of sp³-hybridized carbons (Fsp3) is 0.455. The maximum absolute atomic E-state index is 12.5. The Bertz CT molecular complexity index is 819. The van der Waals surface area contributed by atoms with Gasteiger partial charge in [0.1, 0.15) is 5.75 Å². The van der Waals surface area contributed by atoms with Crippen LogP contribution in [0, 0.1) is 12.8 Å². The Morgan fingerprint density at radius 3 is 2.75 bits per heavy atom. The second-order valence-corrected chi connectivity index (χ2v) is 7.79. The normalized spacial score (nSPS) is 15.9. The number of rotatable bonds is 6. The van der Waals surface area contributed by atoms with E-state index in [-0.39, 0.29) is 11.9 Å². The van der Waals surface area contributed by atoms with E-state index in [2.05, 4.69) is 22.1 Å². The molecule has 1 saturated heterocycles. The lowest BCUT2D eigenvalue weighted by Crippen LogP contribution is -2.44. The van der Waals surface area contributed by atoms with Gasteiger partial charge < -0.3 is 15.0 Å². The number of benzene rings is 1. The summed E-state index contributed by atoms with van der Waals surface area (Å²) < 4.78 is 5.61. The molecular formula is C22H28ClN3O2. The van der Waals surface area contributed by atoms with E-state index in [4.69, 9.17) is 16.3 Å². The topological polar surface area (TPSA) is 54.5 Å². The summed E-state index contributed by atoms with van der Waals surface area (Å²) in [7, 11) is 0. The van der Waals surface area contributed by atoms with E-state index in [0.29, 0.717) is 23.1 Å². The number of nitrogens with zero attached hydrogens (tertiary/aromatic N) is 2. The van der Waals surface area contributed by atoms with Crippen LogP contribution in [0.25, 0.3) is 0 Å². The van der Waals surface area contributed by atoms with Gasteiger partial charge in [0.25, 0.3) is 5.91 Å². The lowest BCUT2D eigenvalue weighted by atomic mass is 9.90. The van der Waals surface area contributed by atoms with Crippen molar-refractivity contribution in [1.82, 2.24) is 10.3 Å². The molecule has 2 aromatic rings. The number of hydrogen-bond acceptors (Lipinski definition) is 4. The lowest BCUT2D eigenvalue weighted by molar-refractivity contribution is 0.0921. The fourth-order valence-electron chi connectivity index (χ4n) is 3.70. The average Bonchev–Trinajstić information content (AvgIpc) is 2.70. The van der Waals surface area contributed by atoms with Crippen LogP contribution >= 0.6 is 11.6 Å². The fourth-order valence-corrected chi connectivity index (χ4v) is 3.87. The highest BCUT2D eigenvalue weighted by Gasteiger charge is 2.25. The van der Waals surface area contributed by atoms with Crippen molar-refractivity contribution >= 4 is 23.2 Å². The Labute approximate surface area is 172 Å². The first kappa shape index (κ1) is 20.5. The van der Waals surface area contributed by atoms with Gasteiger partial charge in [0.2, 0.25) is 0 Å². The largest absolute Gasteiger partial charge is 0.492 e. The number of pyridine rings is 1. The molecule has 150 valence electrons. The van der Waals surface area contributed by atoms with Crippen LogP contribution in [0.15, 0.2) is 36.7 Å². The number of piperidine rings is 1. The molecule has 1 N–H and O–H groups in total. The molecule has 6 heteroatoms. The summed E-state index contributed by atoms with van der Waals surface area (Å²) in [6.07, 6.45) is 5.43. The summed E-state index contributed by atoms with van der Waals surface area (Å²) in [6.45, 7) is 8.48. The minimum atomic E-state index is -0.0508. The zero-order valence-corrected chi connectivity index (χ0v) is 17.5. The molecule has 5 nitrogen and oxygen atoms in total. The Hall–Kier alpha value is -2.27. The number of aryl methyl sites for hydroxylation is 1. The van der Waals surface area contributed by atoms with Gasteiger partial charge in [-0.3, -0.25) is 9.78 Å². The second kappa shape index (κ2) is 9.28. The molecule has 0 aliphatic carbocycles. The Balaban J connectivity index is 1.56. The predicted octanol–water partition coefficient (Wildman–Crippen LogP) is 4.48. The average molecular weight is 402 g/mol. The number of nitrogens with one attached hydrogen (secondary N) is 1. The number of ether oxygens (including phenoxy) is 1. The molecule has 2 heterocycles. The van der Waals surface area contributed by atoms with Crippen molar-refractivity contribution in [2.24, 2.45) is 5.92 Å². The number of hydrogen-bond donors (Lipinski definition) is 1. The quantitative estimate of drug-likeness (QED) is 0.775. The van der Waals surface area contributed by atoms with Crippen molar-refractivity contribution in [3.8, 4) is 5.75 Å². The van der Waals surface area contributed by atoms with Crippen LogP contribution in [0.4, 0.5) is 5.69 Å². The molecule has 0 radical (unpaired) electrons. The monoisotopic (exact) mass is 401 g/mol. The van der Waals surface area contributed by atoms with Crippen molar-refractivity contribution < 1.29 is 9.53 Å². The van der Waals surface area contributed by atoms with E-state index in [0.717, 1.165) is 42.9 Å². The predicted molar refractivity (Wildman–Crippen MR) is 113 cm³/mol. The zero-order chi connectivity index (χ0) is 20.1. The van der Waals surface area contributed by atoms with Gasteiger partial charge in [-0.25, -0.2) is 0 Å². The van der Waals surface area contributed by atoms with Gasteiger partial charge in [-0.1, -0.05) is 11.6 Å². The molecule has 1 fully saturated rings. The first-order valence-corrected chi connectivity index (χ1v) is 10.3. The molecule has 1 atom stereocenters. The first-order chi connectivity index (χ1) is 13.5. The summed E-state index contributed by atoms with van der Waals surface area (Å²) in [5.74, 6) is 1.14. The standard InChI is InChI=1S/C22H28ClN3O2/c1-4-28-21-12-19(5-6-20(21)23)26-9-7-17(8-10-26)16(3)25-22(27)18-11-15(2)13-24-14-18/h5-6,11-14,16-17H,4,7-10H2,1-3H3,(H,25,27). The molecule has 1 aliphatic rings. The third kappa shape index (κ3) is 4.96. The van der Waals surface area contributed by atoms with Crippen LogP contribution in [0.3, 0.4) is 0 Å². The maximum atomic E-state index is 12.5. The number of carbonyl (C=O) groups is 1. The number of carbonyl (C=O) groups excluding carboxylic acids is 1. The lowest BCUT2D eigenvalue weighted by Gasteiger charge is -2.36. The second-order valence-electron chi connectivity index (χ2n) is 7.39. The minimum Gasteiger partial charge on any atom is -0.492 e. The van der Waals surface area contributed by atoms with Crippen molar-refractivity contribution in [3.05, 3.63) is 52.8 Å². The minimum absolute atomic E-state index is 0.0508. The van der Waals surface area contributed by atoms with Gasteiger partial charge in [-0.2, -0.15) is 0 Å². The van der Waals surface area contributed by atoms with E-state index < -0.39 is 0 Å². The van der Waals surface area contributed by atoms with Crippen molar-refractivity contribution in [2.75, 3.05) is 24.6 Å². The number of halogens is 1. The Morgan fingerprint density at radius 2 is 2.07 bits per heavy atom. The number of aromatic nitrogens is 1. The highest BCUT2D eigenvalue weighted by molar-refractivity contribution is 6.32. The molecular weight excluding hydrogens is 374 g/mol. The van der Waals surface area contributed by atoms with E-state index in [9.17, 15) is 4.79 Å². The van der Waals surface area contributed by atoms with Crippen LogP contribution < -0.4 is 15.0 Å². The number of anilines is 1. The van der Waals surface area contributed by atoms with E-state index in [1.165, 1.54) is 0 Å². The molecule has 0 spiro atoms. The van der Waals surface area contributed by atoms with Gasteiger partial charge in [-0.15, -0.1) is 0 Å². The van der Waals surface area contributed by atoms with Crippen LogP contribution in [-0.4, -0.2) is 36.6 Å². The molecule has 1 aromatic heterocycles. The van der Waals surface area contributed by atoms with Crippen LogP contribution in [0.2, 0.25) is 5.02 Å². The van der Waals surface area contributed by atoms with Crippen LogP contribution in [0.1, 0.15) is 42.6 Å². The molecule has 0 bridgehead atoms. The summed E-state index contributed by atoms with van der Waals surface area (Å²) in [5, 5.41) is 3.79. The van der Waals surface area contributed by atoms with Gasteiger partial charge in [0, 0.05) is 43.3 Å². The van der Waals surface area contributed by atoms with Crippen molar-refractivity contribution in [1.29, 1.82) is 0 Å². The Kier molecular flexibility index (Phi) is 6.79. The Morgan fingerprint density at radius 1 is 1.32 bits per heavy atom. The third-order valence-corrected chi connectivity index (χ3v) is 5.63. The van der Waals surface area contributed by atoms with E-state index in [1.54, 1.807) is 12.4 Å². The molecule has 28 heavy (non-hydrogen) atoms. The van der Waals surface area contributed by atoms with E-state index >= 15 is 0 Å².